The number of alkyl halides is 2. The van der Waals surface area contributed by atoms with E-state index in [0.717, 1.165) is 16.8 Å². The molecule has 0 aliphatic heterocycles. The summed E-state index contributed by atoms with van der Waals surface area (Å²) in [6, 6.07) is 16.2. The van der Waals surface area contributed by atoms with Crippen LogP contribution in [0.1, 0.15) is 11.1 Å². The summed E-state index contributed by atoms with van der Waals surface area (Å²) in [6.45, 7) is -0.916. The molecule has 9 heteroatoms. The van der Waals surface area contributed by atoms with Crippen molar-refractivity contribution in [3.05, 3.63) is 83.1 Å². The topological polar surface area (TPSA) is 52.8 Å². The smallest absolute Gasteiger partial charge is 0.387 e. The molecule has 0 saturated carbocycles. The number of thioether (sulfide) groups is 1. The molecule has 31 heavy (non-hydrogen) atoms. The van der Waals surface area contributed by atoms with Gasteiger partial charge in [-0.2, -0.15) is 8.78 Å². The summed E-state index contributed by atoms with van der Waals surface area (Å²) in [5, 5.41) is 9.79. The monoisotopic (exact) mass is 458 g/mol. The van der Waals surface area contributed by atoms with Crippen molar-refractivity contribution in [1.29, 1.82) is 0 Å². The largest absolute Gasteiger partial charge is 0.435 e. The fourth-order valence-electron chi connectivity index (χ4n) is 3.09. The summed E-state index contributed by atoms with van der Waals surface area (Å²) in [5.74, 6) is 1.04. The Morgan fingerprint density at radius 1 is 1.10 bits per heavy atom. The number of aryl methyl sites for hydroxylation is 1. The molecule has 2 aromatic carbocycles. The van der Waals surface area contributed by atoms with Crippen molar-refractivity contribution in [2.75, 3.05) is 0 Å². The van der Waals surface area contributed by atoms with E-state index in [-0.39, 0.29) is 5.75 Å². The fourth-order valence-corrected chi connectivity index (χ4v) is 4.21. The lowest BCUT2D eigenvalue weighted by atomic mass is 10.2. The number of hydrogen-bond donors (Lipinski definition) is 0. The highest BCUT2D eigenvalue weighted by Gasteiger charge is 2.19. The summed E-state index contributed by atoms with van der Waals surface area (Å²) in [7, 11) is 0. The molecule has 0 amide bonds. The maximum Gasteiger partial charge on any atom is 0.387 e. The van der Waals surface area contributed by atoms with E-state index in [0.29, 0.717) is 27.3 Å². The normalized spacial score (nSPS) is 11.1. The van der Waals surface area contributed by atoms with Crippen LogP contribution in [-0.2, 0) is 5.75 Å². The maximum absolute atomic E-state index is 12.8. The molecule has 0 bridgehead atoms. The lowest BCUT2D eigenvalue weighted by Gasteiger charge is -2.14. The minimum atomic E-state index is -2.92. The number of hydrogen-bond acceptors (Lipinski definition) is 5. The molecule has 158 valence electrons. The fraction of sp³-hybridized carbons (Fsp3) is 0.136. The Hall–Kier alpha value is -2.97. The van der Waals surface area contributed by atoms with E-state index < -0.39 is 6.61 Å². The van der Waals surface area contributed by atoms with Crippen molar-refractivity contribution in [3.63, 3.8) is 0 Å². The number of rotatable bonds is 7. The molecule has 4 rings (SSSR count). The van der Waals surface area contributed by atoms with Crippen molar-refractivity contribution < 1.29 is 13.5 Å². The van der Waals surface area contributed by atoms with E-state index in [2.05, 4.69) is 19.9 Å². The summed E-state index contributed by atoms with van der Waals surface area (Å²) in [6.07, 6.45) is 3.41. The Bertz CT molecular complexity index is 1190. The Balaban J connectivity index is 1.73. The van der Waals surface area contributed by atoms with Gasteiger partial charge in [0.25, 0.3) is 0 Å². The predicted molar refractivity (Wildman–Crippen MR) is 117 cm³/mol. The highest BCUT2D eigenvalue weighted by Crippen LogP contribution is 2.34. The van der Waals surface area contributed by atoms with Gasteiger partial charge in [-0.3, -0.25) is 9.55 Å². The second-order valence-corrected chi connectivity index (χ2v) is 7.97. The lowest BCUT2D eigenvalue weighted by molar-refractivity contribution is -0.0503. The second-order valence-electron chi connectivity index (χ2n) is 6.59. The Labute approximate surface area is 187 Å². The first kappa shape index (κ1) is 21.3. The quantitative estimate of drug-likeness (QED) is 0.309. The average Bonchev–Trinajstić information content (AvgIpc) is 3.18. The zero-order valence-corrected chi connectivity index (χ0v) is 17.9. The molecule has 4 aromatic rings. The van der Waals surface area contributed by atoms with Gasteiger partial charge in [0.05, 0.1) is 5.69 Å². The molecule has 0 spiro atoms. The van der Waals surface area contributed by atoms with Gasteiger partial charge in [-0.15, -0.1) is 10.2 Å². The van der Waals surface area contributed by atoms with Crippen molar-refractivity contribution in [1.82, 2.24) is 19.7 Å². The highest BCUT2D eigenvalue weighted by atomic mass is 35.5. The SMILES string of the molecule is Cc1ccccc1-n1c(SCc2cc(Cl)ccc2OC(F)F)nnc1-c1cccnc1. The van der Waals surface area contributed by atoms with Crippen LogP contribution in [0.2, 0.25) is 5.02 Å². The van der Waals surface area contributed by atoms with Crippen LogP contribution in [0.5, 0.6) is 5.75 Å². The zero-order chi connectivity index (χ0) is 21.8. The van der Waals surface area contributed by atoms with E-state index >= 15 is 0 Å². The van der Waals surface area contributed by atoms with Crippen molar-refractivity contribution >= 4 is 23.4 Å². The van der Waals surface area contributed by atoms with E-state index in [4.69, 9.17) is 11.6 Å². The number of pyridine rings is 1. The number of nitrogens with zero attached hydrogens (tertiary/aromatic N) is 4. The van der Waals surface area contributed by atoms with Gasteiger partial charge in [-0.25, -0.2) is 0 Å². The standard InChI is InChI=1S/C22H17ClF2N4OS/c1-14-5-2-3-7-18(14)29-20(15-6-4-10-26-12-15)27-28-22(29)31-13-16-11-17(23)8-9-19(16)30-21(24)25/h2-12,21H,13H2,1H3. The lowest BCUT2D eigenvalue weighted by Crippen LogP contribution is -2.05. The first-order valence-electron chi connectivity index (χ1n) is 9.31. The van der Waals surface area contributed by atoms with E-state index in [9.17, 15) is 8.78 Å². The average molecular weight is 459 g/mol. The third-order valence-electron chi connectivity index (χ3n) is 4.50. The van der Waals surface area contributed by atoms with Crippen LogP contribution in [0.4, 0.5) is 8.78 Å². The van der Waals surface area contributed by atoms with Gasteiger partial charge in [-0.05, 0) is 48.9 Å². The summed E-state index contributed by atoms with van der Waals surface area (Å²) in [5.41, 5.74) is 3.32. The number of benzene rings is 2. The van der Waals surface area contributed by atoms with Gasteiger partial charge < -0.3 is 4.74 Å². The molecule has 2 heterocycles. The van der Waals surface area contributed by atoms with Crippen LogP contribution < -0.4 is 4.74 Å². The summed E-state index contributed by atoms with van der Waals surface area (Å²) < 4.78 is 32.2. The van der Waals surface area contributed by atoms with Gasteiger partial charge in [-0.1, -0.05) is 41.6 Å². The third-order valence-corrected chi connectivity index (χ3v) is 5.72. The third kappa shape index (κ3) is 4.86. The van der Waals surface area contributed by atoms with Crippen LogP contribution >= 0.6 is 23.4 Å². The van der Waals surface area contributed by atoms with E-state index in [1.807, 2.05) is 47.9 Å². The van der Waals surface area contributed by atoms with Crippen molar-refractivity contribution in [3.8, 4) is 22.8 Å². The number of para-hydroxylation sites is 1. The van der Waals surface area contributed by atoms with Gasteiger partial charge >= 0.3 is 6.61 Å². The predicted octanol–water partition coefficient (Wildman–Crippen LogP) is 6.18. The Kier molecular flexibility index (Phi) is 6.48. The molecule has 0 atom stereocenters. The second kappa shape index (κ2) is 9.45. The highest BCUT2D eigenvalue weighted by molar-refractivity contribution is 7.98. The van der Waals surface area contributed by atoms with Crippen LogP contribution in [0.15, 0.2) is 72.1 Å². The maximum atomic E-state index is 12.8. The van der Waals surface area contributed by atoms with Gasteiger partial charge in [0.15, 0.2) is 11.0 Å². The van der Waals surface area contributed by atoms with Gasteiger partial charge in [0.1, 0.15) is 5.75 Å². The number of ether oxygens (including phenoxy) is 1. The molecular formula is C22H17ClF2N4OS. The number of halogens is 3. The van der Waals surface area contributed by atoms with Crippen LogP contribution in [0, 0.1) is 6.92 Å². The molecule has 0 saturated heterocycles. The number of aromatic nitrogens is 4. The molecule has 0 aliphatic rings. The minimum absolute atomic E-state index is 0.0846. The Morgan fingerprint density at radius 3 is 2.68 bits per heavy atom. The van der Waals surface area contributed by atoms with Gasteiger partial charge in [0.2, 0.25) is 0 Å². The van der Waals surface area contributed by atoms with E-state index in [1.165, 1.54) is 23.9 Å². The molecule has 0 fully saturated rings. The molecule has 5 nitrogen and oxygen atoms in total. The first-order chi connectivity index (χ1) is 15.0. The van der Waals surface area contributed by atoms with Crippen LogP contribution in [-0.4, -0.2) is 26.4 Å². The molecule has 0 unspecified atom stereocenters. The molecule has 0 N–H and O–H groups in total. The van der Waals surface area contributed by atoms with Crippen molar-refractivity contribution in [2.24, 2.45) is 0 Å². The molecular weight excluding hydrogens is 442 g/mol. The summed E-state index contributed by atoms with van der Waals surface area (Å²) >= 11 is 7.43. The molecule has 2 aromatic heterocycles. The molecule has 0 aliphatic carbocycles. The molecule has 0 radical (unpaired) electrons. The minimum Gasteiger partial charge on any atom is -0.435 e. The van der Waals surface area contributed by atoms with Crippen molar-refractivity contribution in [2.45, 2.75) is 24.4 Å². The van der Waals surface area contributed by atoms with Crippen LogP contribution in [0.3, 0.4) is 0 Å². The first-order valence-corrected chi connectivity index (χ1v) is 10.7. The van der Waals surface area contributed by atoms with E-state index in [1.54, 1.807) is 18.5 Å². The Morgan fingerprint density at radius 2 is 1.94 bits per heavy atom. The van der Waals surface area contributed by atoms with Gasteiger partial charge in [0, 0.05) is 34.3 Å². The zero-order valence-electron chi connectivity index (χ0n) is 16.4. The van der Waals surface area contributed by atoms with Crippen LogP contribution in [0.25, 0.3) is 17.1 Å². The summed E-state index contributed by atoms with van der Waals surface area (Å²) in [4.78, 5) is 4.18.